The van der Waals surface area contributed by atoms with Gasteiger partial charge < -0.3 is 0 Å². The molecule has 0 atom stereocenters. The molecule has 0 bridgehead atoms. The molecule has 0 aliphatic heterocycles. The summed E-state index contributed by atoms with van der Waals surface area (Å²) in [5.41, 5.74) is 4.10. The fraction of sp³-hybridized carbons (Fsp3) is 0.0833. The molecule has 1 aromatic heterocycles. The molecule has 2 aromatic rings. The van der Waals surface area contributed by atoms with Gasteiger partial charge in [-0.25, -0.2) is 0 Å². The molecule has 2 heteroatoms. The molecule has 0 saturated heterocycles. The van der Waals surface area contributed by atoms with Crippen molar-refractivity contribution in [3.8, 4) is 17.2 Å². The van der Waals surface area contributed by atoms with Crippen molar-refractivity contribution in [3.05, 3.63) is 46.2 Å². The third-order valence-electron chi connectivity index (χ3n) is 2.21. The molecule has 0 unspecified atom stereocenters. The third-order valence-corrected chi connectivity index (χ3v) is 2.90. The van der Waals surface area contributed by atoms with Crippen LogP contribution in [-0.2, 0) is 0 Å². The molecule has 1 heterocycles. The van der Waals surface area contributed by atoms with Gasteiger partial charge in [0.15, 0.2) is 0 Å². The summed E-state index contributed by atoms with van der Waals surface area (Å²) in [6.45, 7) is 1.95. The molecule has 0 N–H and O–H groups in total. The van der Waals surface area contributed by atoms with Crippen LogP contribution < -0.4 is 0 Å². The molecule has 0 amide bonds. The van der Waals surface area contributed by atoms with Gasteiger partial charge in [-0.05, 0) is 46.5 Å². The normalized spacial score (nSPS) is 9.71. The number of nitriles is 1. The first-order chi connectivity index (χ1) is 6.81. The summed E-state index contributed by atoms with van der Waals surface area (Å²) in [5.74, 6) is 0. The fourth-order valence-electron chi connectivity index (χ4n) is 1.35. The summed E-state index contributed by atoms with van der Waals surface area (Å²) < 4.78 is 0. The summed E-state index contributed by atoms with van der Waals surface area (Å²) in [4.78, 5) is 0. The third kappa shape index (κ3) is 1.55. The molecule has 1 aromatic carbocycles. The highest BCUT2D eigenvalue weighted by Crippen LogP contribution is 2.24. The maximum absolute atomic E-state index is 8.89. The highest BCUT2D eigenvalue weighted by Gasteiger charge is 2.01. The Morgan fingerprint density at radius 3 is 2.71 bits per heavy atom. The van der Waals surface area contributed by atoms with E-state index in [0.29, 0.717) is 0 Å². The van der Waals surface area contributed by atoms with Crippen molar-refractivity contribution in [2.24, 2.45) is 0 Å². The van der Waals surface area contributed by atoms with Gasteiger partial charge in [0.1, 0.15) is 0 Å². The van der Waals surface area contributed by atoms with Gasteiger partial charge in [-0.2, -0.15) is 16.6 Å². The minimum atomic E-state index is 0.758. The number of thiophene rings is 1. The van der Waals surface area contributed by atoms with Gasteiger partial charge in [-0.1, -0.05) is 12.1 Å². The van der Waals surface area contributed by atoms with Crippen LogP contribution in [-0.4, -0.2) is 0 Å². The van der Waals surface area contributed by atoms with E-state index >= 15 is 0 Å². The second kappa shape index (κ2) is 3.65. The lowest BCUT2D eigenvalue weighted by Crippen LogP contribution is -1.82. The van der Waals surface area contributed by atoms with Crippen LogP contribution in [0.5, 0.6) is 0 Å². The van der Waals surface area contributed by atoms with Crippen molar-refractivity contribution in [2.75, 3.05) is 0 Å². The monoisotopic (exact) mass is 199 g/mol. The number of hydrogen-bond donors (Lipinski definition) is 0. The first kappa shape index (κ1) is 8.98. The van der Waals surface area contributed by atoms with E-state index in [0.717, 1.165) is 16.7 Å². The predicted octanol–water partition coefficient (Wildman–Crippen LogP) is 3.60. The quantitative estimate of drug-likeness (QED) is 0.688. The number of hydrogen-bond acceptors (Lipinski definition) is 2. The molecular formula is C12H9NS. The van der Waals surface area contributed by atoms with Gasteiger partial charge >= 0.3 is 0 Å². The Balaban J connectivity index is 2.53. The molecule has 1 nitrogen and oxygen atoms in total. The first-order valence-electron chi connectivity index (χ1n) is 4.34. The number of benzene rings is 1. The lowest BCUT2D eigenvalue weighted by Gasteiger charge is -2.00. The number of aryl methyl sites for hydroxylation is 1. The Bertz CT molecular complexity index is 478. The minimum absolute atomic E-state index is 0.758. The van der Waals surface area contributed by atoms with Crippen LogP contribution in [0.15, 0.2) is 35.0 Å². The van der Waals surface area contributed by atoms with Crippen molar-refractivity contribution >= 4 is 11.3 Å². The van der Waals surface area contributed by atoms with Crippen molar-refractivity contribution in [1.82, 2.24) is 0 Å². The van der Waals surface area contributed by atoms with Crippen LogP contribution in [0.25, 0.3) is 11.1 Å². The molecule has 0 fully saturated rings. The van der Waals surface area contributed by atoms with Crippen LogP contribution in [0.3, 0.4) is 0 Å². The largest absolute Gasteiger partial charge is 0.192 e. The van der Waals surface area contributed by atoms with E-state index in [9.17, 15) is 0 Å². The molecule has 2 rings (SSSR count). The van der Waals surface area contributed by atoms with Crippen molar-refractivity contribution in [3.63, 3.8) is 0 Å². The minimum Gasteiger partial charge on any atom is -0.192 e. The zero-order chi connectivity index (χ0) is 9.97. The summed E-state index contributed by atoms with van der Waals surface area (Å²) >= 11 is 1.67. The summed E-state index contributed by atoms with van der Waals surface area (Å²) in [6, 6.07) is 10.3. The predicted molar refractivity (Wildman–Crippen MR) is 59.2 cm³/mol. The lowest BCUT2D eigenvalue weighted by molar-refractivity contribution is 1.39. The smallest absolute Gasteiger partial charge is 0.0994 e. The molecule has 0 aliphatic carbocycles. The first-order valence-corrected chi connectivity index (χ1v) is 5.29. The zero-order valence-electron chi connectivity index (χ0n) is 7.82. The topological polar surface area (TPSA) is 23.8 Å². The van der Waals surface area contributed by atoms with E-state index in [1.165, 1.54) is 5.56 Å². The maximum Gasteiger partial charge on any atom is 0.0994 e. The van der Waals surface area contributed by atoms with Crippen molar-refractivity contribution in [2.45, 2.75) is 6.92 Å². The van der Waals surface area contributed by atoms with Gasteiger partial charge in [-0.15, -0.1) is 0 Å². The summed E-state index contributed by atoms with van der Waals surface area (Å²) in [7, 11) is 0. The molecule has 68 valence electrons. The molecule has 14 heavy (non-hydrogen) atoms. The van der Waals surface area contributed by atoms with Crippen LogP contribution in [0, 0.1) is 18.3 Å². The zero-order valence-corrected chi connectivity index (χ0v) is 8.64. The van der Waals surface area contributed by atoms with Crippen LogP contribution in [0.4, 0.5) is 0 Å². The average Bonchev–Trinajstić information content (AvgIpc) is 2.71. The number of rotatable bonds is 1. The Hall–Kier alpha value is -1.59. The van der Waals surface area contributed by atoms with E-state index in [-0.39, 0.29) is 0 Å². The van der Waals surface area contributed by atoms with Gasteiger partial charge in [-0.3, -0.25) is 0 Å². The number of nitrogens with zero attached hydrogens (tertiary/aromatic N) is 1. The van der Waals surface area contributed by atoms with Crippen molar-refractivity contribution < 1.29 is 0 Å². The average molecular weight is 199 g/mol. The summed E-state index contributed by atoms with van der Waals surface area (Å²) in [6.07, 6.45) is 0. The van der Waals surface area contributed by atoms with Crippen molar-refractivity contribution in [1.29, 1.82) is 5.26 Å². The molecule has 0 spiro atoms. The van der Waals surface area contributed by atoms with E-state index in [2.05, 4.69) is 23.6 Å². The summed E-state index contributed by atoms with van der Waals surface area (Å²) in [5, 5.41) is 13.0. The van der Waals surface area contributed by atoms with Crippen LogP contribution >= 0.6 is 11.3 Å². The van der Waals surface area contributed by atoms with Gasteiger partial charge in [0.2, 0.25) is 0 Å². The highest BCUT2D eigenvalue weighted by atomic mass is 32.1. The Kier molecular flexibility index (Phi) is 2.34. The second-order valence-corrected chi connectivity index (χ2v) is 3.93. The van der Waals surface area contributed by atoms with E-state index < -0.39 is 0 Å². The van der Waals surface area contributed by atoms with E-state index in [1.807, 2.05) is 24.4 Å². The Morgan fingerprint density at radius 1 is 1.21 bits per heavy atom. The Morgan fingerprint density at radius 2 is 2.07 bits per heavy atom. The van der Waals surface area contributed by atoms with E-state index in [4.69, 9.17) is 5.26 Å². The second-order valence-electron chi connectivity index (χ2n) is 3.15. The molecular weight excluding hydrogens is 190 g/mol. The standard InChI is InChI=1S/C12H9NS/c1-9-2-3-10(6-12(9)7-13)11-4-5-14-8-11/h2-6,8H,1H3. The SMILES string of the molecule is Cc1ccc(-c2ccsc2)cc1C#N. The maximum atomic E-state index is 8.89. The lowest BCUT2D eigenvalue weighted by atomic mass is 10.0. The van der Waals surface area contributed by atoms with Crippen LogP contribution in [0.1, 0.15) is 11.1 Å². The Labute approximate surface area is 87.3 Å². The fourth-order valence-corrected chi connectivity index (χ4v) is 2.02. The molecule has 0 aliphatic rings. The van der Waals surface area contributed by atoms with Gasteiger partial charge in [0.05, 0.1) is 11.6 Å². The molecule has 0 saturated carbocycles. The van der Waals surface area contributed by atoms with Gasteiger partial charge in [0.25, 0.3) is 0 Å². The van der Waals surface area contributed by atoms with E-state index in [1.54, 1.807) is 11.3 Å². The van der Waals surface area contributed by atoms with Crippen LogP contribution in [0.2, 0.25) is 0 Å². The highest BCUT2D eigenvalue weighted by molar-refractivity contribution is 7.08. The molecule has 0 radical (unpaired) electrons. The van der Waals surface area contributed by atoms with Gasteiger partial charge in [0, 0.05) is 0 Å².